The standard InChI is InChI=1S/C17H18N4O2/c18-21-19-11-5-4-6-13-9-10-15(14-7-2-1-3-8-14)16(12-13)20-17(22)23/h1-3,7-10,12,18,20H,4-6,11H2/p+1. The largest absolute Gasteiger partial charge is 0.465 e. The molecule has 2 rings (SSSR count). The van der Waals surface area contributed by atoms with E-state index < -0.39 is 6.09 Å². The Kier molecular flexibility index (Phi) is 6.03. The fraction of sp³-hybridized carbons (Fsp3) is 0.235. The number of aryl methyl sites for hydroxylation is 1. The van der Waals surface area contributed by atoms with Gasteiger partial charge in [0.2, 0.25) is 4.91 Å². The van der Waals surface area contributed by atoms with Crippen molar-refractivity contribution in [3.8, 4) is 11.1 Å². The minimum atomic E-state index is -1.07. The second kappa shape index (κ2) is 8.46. The van der Waals surface area contributed by atoms with E-state index in [9.17, 15) is 4.79 Å². The van der Waals surface area contributed by atoms with E-state index in [1.54, 1.807) is 0 Å². The monoisotopic (exact) mass is 311 g/mol. The van der Waals surface area contributed by atoms with Gasteiger partial charge >= 0.3 is 6.09 Å². The van der Waals surface area contributed by atoms with E-state index in [1.807, 2.05) is 48.5 Å². The molecule has 0 spiro atoms. The highest BCUT2D eigenvalue weighted by atomic mass is 16.4. The fourth-order valence-electron chi connectivity index (χ4n) is 2.40. The first kappa shape index (κ1) is 16.4. The number of benzene rings is 2. The van der Waals surface area contributed by atoms with E-state index in [1.165, 1.54) is 0 Å². The smallest absolute Gasteiger partial charge is 0.409 e. The normalized spacial score (nSPS) is 9.91. The molecule has 0 saturated carbocycles. The number of anilines is 1. The summed E-state index contributed by atoms with van der Waals surface area (Å²) in [7, 11) is 0. The Labute approximate surface area is 134 Å². The van der Waals surface area contributed by atoms with E-state index >= 15 is 0 Å². The summed E-state index contributed by atoms with van der Waals surface area (Å²) >= 11 is 0. The quantitative estimate of drug-likeness (QED) is 0.403. The van der Waals surface area contributed by atoms with Crippen LogP contribution in [0.25, 0.3) is 11.1 Å². The number of carbonyl (C=O) groups is 1. The second-order valence-corrected chi connectivity index (χ2v) is 5.10. The Hall–Kier alpha value is -2.98. The van der Waals surface area contributed by atoms with Gasteiger partial charge in [-0.05, 0) is 36.5 Å². The maximum Gasteiger partial charge on any atom is 0.409 e. The van der Waals surface area contributed by atoms with Crippen LogP contribution in [0.3, 0.4) is 0 Å². The molecule has 0 heterocycles. The minimum Gasteiger partial charge on any atom is -0.465 e. The van der Waals surface area contributed by atoms with Crippen LogP contribution >= 0.6 is 0 Å². The lowest BCUT2D eigenvalue weighted by molar-refractivity contribution is 0.210. The van der Waals surface area contributed by atoms with Crippen molar-refractivity contribution < 1.29 is 9.90 Å². The van der Waals surface area contributed by atoms with Crippen LogP contribution in [0.2, 0.25) is 0 Å². The predicted octanol–water partition coefficient (Wildman–Crippen LogP) is 4.32. The zero-order valence-electron chi connectivity index (χ0n) is 12.7. The van der Waals surface area contributed by atoms with Crippen molar-refractivity contribution in [2.24, 2.45) is 5.11 Å². The maximum atomic E-state index is 11.0. The molecule has 0 aliphatic rings. The van der Waals surface area contributed by atoms with Crippen LogP contribution in [0.15, 0.2) is 53.6 Å². The Morgan fingerprint density at radius 3 is 2.65 bits per heavy atom. The second-order valence-electron chi connectivity index (χ2n) is 5.10. The van der Waals surface area contributed by atoms with Crippen LogP contribution in [0.5, 0.6) is 0 Å². The number of rotatable bonds is 7. The zero-order chi connectivity index (χ0) is 16.5. The van der Waals surface area contributed by atoms with Gasteiger partial charge in [0.05, 0.1) is 5.69 Å². The van der Waals surface area contributed by atoms with Gasteiger partial charge in [0.15, 0.2) is 0 Å². The molecule has 0 bridgehead atoms. The number of hydrogen-bond acceptors (Lipinski definition) is 3. The van der Waals surface area contributed by atoms with Gasteiger partial charge in [0, 0.05) is 5.56 Å². The van der Waals surface area contributed by atoms with Crippen molar-refractivity contribution in [3.05, 3.63) is 54.1 Å². The number of hydrogen-bond donors (Lipinski definition) is 3. The fourth-order valence-corrected chi connectivity index (χ4v) is 2.40. The summed E-state index contributed by atoms with van der Waals surface area (Å²) in [6.45, 7) is 0.547. The van der Waals surface area contributed by atoms with Gasteiger partial charge in [-0.3, -0.25) is 5.32 Å². The molecule has 0 atom stereocenters. The molecule has 6 nitrogen and oxygen atoms in total. The first-order valence-corrected chi connectivity index (χ1v) is 7.42. The summed E-state index contributed by atoms with van der Waals surface area (Å²) in [5, 5.41) is 15.1. The molecular weight excluding hydrogens is 292 g/mol. The third-order valence-electron chi connectivity index (χ3n) is 3.45. The highest BCUT2D eigenvalue weighted by Gasteiger charge is 2.09. The molecule has 0 saturated heterocycles. The summed E-state index contributed by atoms with van der Waals surface area (Å²) in [6, 6.07) is 15.5. The molecule has 0 aromatic heterocycles. The number of nitrogens with zero attached hydrogens (tertiary/aromatic N) is 2. The van der Waals surface area contributed by atoms with Gasteiger partial charge < -0.3 is 5.11 Å². The number of unbranched alkanes of at least 4 members (excludes halogenated alkanes) is 1. The lowest BCUT2D eigenvalue weighted by atomic mass is 9.99. The molecule has 0 fully saturated rings. The van der Waals surface area contributed by atoms with Crippen LogP contribution in [0, 0.1) is 5.53 Å². The summed E-state index contributed by atoms with van der Waals surface area (Å²) in [6.07, 6.45) is 1.52. The van der Waals surface area contributed by atoms with Crippen LogP contribution < -0.4 is 10.2 Å². The lowest BCUT2D eigenvalue weighted by Crippen LogP contribution is -2.08. The molecule has 2 aromatic rings. The van der Waals surface area contributed by atoms with Gasteiger partial charge in [0.1, 0.15) is 17.2 Å². The van der Waals surface area contributed by atoms with Gasteiger partial charge in [-0.25, -0.2) is 4.79 Å². The first-order chi connectivity index (χ1) is 11.2. The minimum absolute atomic E-state index is 0.547. The zero-order valence-corrected chi connectivity index (χ0v) is 12.7. The maximum absolute atomic E-state index is 11.0. The van der Waals surface area contributed by atoms with E-state index in [0.717, 1.165) is 36.0 Å². The van der Waals surface area contributed by atoms with Crippen LogP contribution in [-0.4, -0.2) is 17.7 Å². The van der Waals surface area contributed by atoms with Crippen molar-refractivity contribution in [2.75, 3.05) is 11.9 Å². The van der Waals surface area contributed by atoms with Gasteiger partial charge in [-0.15, -0.1) is 0 Å². The SMILES string of the molecule is N=[N+]=NCCCCc1ccc(-c2ccccc2)c(NC(=O)O)c1. The highest BCUT2D eigenvalue weighted by molar-refractivity contribution is 5.90. The van der Waals surface area contributed by atoms with Crippen LogP contribution in [-0.2, 0) is 6.42 Å². The first-order valence-electron chi connectivity index (χ1n) is 7.42. The van der Waals surface area contributed by atoms with Crippen molar-refractivity contribution in [1.82, 2.24) is 4.91 Å². The molecule has 118 valence electrons. The highest BCUT2D eigenvalue weighted by Crippen LogP contribution is 2.29. The van der Waals surface area contributed by atoms with E-state index in [-0.39, 0.29) is 0 Å². The van der Waals surface area contributed by atoms with Gasteiger partial charge in [-0.2, -0.15) is 0 Å². The van der Waals surface area contributed by atoms with Crippen LogP contribution in [0.1, 0.15) is 18.4 Å². The molecule has 0 aliphatic carbocycles. The van der Waals surface area contributed by atoms with Crippen molar-refractivity contribution >= 4 is 11.8 Å². The third kappa shape index (κ3) is 5.05. The molecule has 1 amide bonds. The molecule has 0 aliphatic heterocycles. The molecule has 23 heavy (non-hydrogen) atoms. The number of carboxylic acid groups (broad SMARTS) is 1. The Bertz CT molecular complexity index is 710. The average molecular weight is 311 g/mol. The van der Waals surface area contributed by atoms with Crippen molar-refractivity contribution in [3.63, 3.8) is 0 Å². The van der Waals surface area contributed by atoms with E-state index in [4.69, 9.17) is 10.6 Å². The number of amides is 1. The topological polar surface area (TPSA) is 99.6 Å². The van der Waals surface area contributed by atoms with Gasteiger partial charge in [0.25, 0.3) is 0 Å². The Balaban J connectivity index is 2.17. The third-order valence-corrected chi connectivity index (χ3v) is 3.45. The summed E-state index contributed by atoms with van der Waals surface area (Å²) in [5.74, 6) is 0. The molecular formula is C17H19N4O2+. The van der Waals surface area contributed by atoms with Gasteiger partial charge in [-0.1, -0.05) is 42.5 Å². The molecule has 3 N–H and O–H groups in total. The summed E-state index contributed by atoms with van der Waals surface area (Å²) < 4.78 is 0. The predicted molar refractivity (Wildman–Crippen MR) is 88.6 cm³/mol. The molecule has 2 aromatic carbocycles. The Morgan fingerprint density at radius 1 is 1.17 bits per heavy atom. The lowest BCUT2D eigenvalue weighted by Gasteiger charge is -2.12. The molecule has 0 unspecified atom stereocenters. The van der Waals surface area contributed by atoms with Crippen LogP contribution in [0.4, 0.5) is 10.5 Å². The van der Waals surface area contributed by atoms with Crippen molar-refractivity contribution in [1.29, 1.82) is 5.53 Å². The number of nitrogens with one attached hydrogen (secondary N) is 2. The van der Waals surface area contributed by atoms with Crippen molar-refractivity contribution in [2.45, 2.75) is 19.3 Å². The average Bonchev–Trinajstić information content (AvgIpc) is 2.55. The summed E-state index contributed by atoms with van der Waals surface area (Å²) in [5.41, 5.74) is 10.1. The molecule has 6 heteroatoms. The van der Waals surface area contributed by atoms with E-state index in [2.05, 4.69) is 15.3 Å². The summed E-state index contributed by atoms with van der Waals surface area (Å²) in [4.78, 5) is 14.0. The van der Waals surface area contributed by atoms with E-state index in [0.29, 0.717) is 12.2 Å². The Morgan fingerprint density at radius 2 is 1.96 bits per heavy atom. The molecule has 0 radical (unpaired) electrons.